The van der Waals surface area contributed by atoms with Crippen LogP contribution < -0.4 is 5.76 Å². The van der Waals surface area contributed by atoms with Crippen LogP contribution in [0.1, 0.15) is 26.2 Å². The summed E-state index contributed by atoms with van der Waals surface area (Å²) in [6.07, 6.45) is 2.12. The summed E-state index contributed by atoms with van der Waals surface area (Å²) in [5.41, 5.74) is 1.37. The van der Waals surface area contributed by atoms with E-state index in [9.17, 15) is 9.59 Å². The second kappa shape index (κ2) is 7.00. The summed E-state index contributed by atoms with van der Waals surface area (Å²) in [5.74, 6) is -0.233. The van der Waals surface area contributed by atoms with Gasteiger partial charge in [0.1, 0.15) is 0 Å². The highest BCUT2D eigenvalue weighted by atomic mass is 16.5. The van der Waals surface area contributed by atoms with Crippen LogP contribution >= 0.6 is 0 Å². The number of para-hydroxylation sites is 2. The summed E-state index contributed by atoms with van der Waals surface area (Å²) in [4.78, 5) is 26.0. The minimum Gasteiger partial charge on any atom is -0.408 e. The van der Waals surface area contributed by atoms with Gasteiger partial charge in [0.2, 0.25) is 5.91 Å². The molecule has 23 heavy (non-hydrogen) atoms. The van der Waals surface area contributed by atoms with Gasteiger partial charge in [-0.2, -0.15) is 0 Å². The Labute approximate surface area is 134 Å². The van der Waals surface area contributed by atoms with Gasteiger partial charge in [0, 0.05) is 26.1 Å². The van der Waals surface area contributed by atoms with E-state index in [0.29, 0.717) is 44.7 Å². The summed E-state index contributed by atoms with van der Waals surface area (Å²) < 4.78 is 12.4. The van der Waals surface area contributed by atoms with Gasteiger partial charge < -0.3 is 14.1 Å². The molecule has 1 aromatic carbocycles. The Bertz CT molecular complexity index is 734. The molecule has 1 aliphatic rings. The van der Waals surface area contributed by atoms with Gasteiger partial charge in [-0.3, -0.25) is 9.36 Å². The minimum atomic E-state index is -0.365. The zero-order valence-corrected chi connectivity index (χ0v) is 13.4. The fourth-order valence-corrected chi connectivity index (χ4v) is 2.97. The first kappa shape index (κ1) is 15.8. The molecular formula is C17H22N2O4. The van der Waals surface area contributed by atoms with Crippen LogP contribution in [-0.4, -0.2) is 41.2 Å². The molecule has 6 nitrogen and oxygen atoms in total. The molecule has 0 N–H and O–H groups in total. The Morgan fingerprint density at radius 1 is 1.35 bits per heavy atom. The van der Waals surface area contributed by atoms with E-state index in [0.717, 1.165) is 11.9 Å². The third-order valence-corrected chi connectivity index (χ3v) is 4.29. The first-order valence-corrected chi connectivity index (χ1v) is 8.16. The van der Waals surface area contributed by atoms with Gasteiger partial charge in [0.05, 0.1) is 18.2 Å². The van der Waals surface area contributed by atoms with Crippen molar-refractivity contribution in [2.45, 2.75) is 38.8 Å². The van der Waals surface area contributed by atoms with Crippen LogP contribution in [0.25, 0.3) is 11.1 Å². The van der Waals surface area contributed by atoms with Gasteiger partial charge >= 0.3 is 5.76 Å². The monoisotopic (exact) mass is 318 g/mol. The molecule has 1 saturated heterocycles. The van der Waals surface area contributed by atoms with Gasteiger partial charge in [-0.25, -0.2) is 4.79 Å². The van der Waals surface area contributed by atoms with Crippen LogP contribution in [0.4, 0.5) is 0 Å². The Kier molecular flexibility index (Phi) is 4.81. The molecule has 1 atom stereocenters. The average Bonchev–Trinajstić information content (AvgIpc) is 2.90. The largest absolute Gasteiger partial charge is 0.419 e. The number of morpholine rings is 1. The predicted octanol–water partition coefficient (Wildman–Crippen LogP) is 2.01. The molecule has 1 amide bonds. The van der Waals surface area contributed by atoms with Gasteiger partial charge in [-0.1, -0.05) is 19.1 Å². The van der Waals surface area contributed by atoms with E-state index < -0.39 is 0 Å². The fraction of sp³-hybridized carbons (Fsp3) is 0.529. The molecule has 2 heterocycles. The quantitative estimate of drug-likeness (QED) is 0.846. The van der Waals surface area contributed by atoms with E-state index in [1.54, 1.807) is 10.6 Å². The number of ether oxygens (including phenoxy) is 1. The van der Waals surface area contributed by atoms with E-state index >= 15 is 0 Å². The molecule has 1 aromatic heterocycles. The number of benzene rings is 1. The number of hydrogen-bond donors (Lipinski definition) is 0. The summed E-state index contributed by atoms with van der Waals surface area (Å²) >= 11 is 0. The highest BCUT2D eigenvalue weighted by Gasteiger charge is 2.22. The third-order valence-electron chi connectivity index (χ3n) is 4.29. The number of rotatable bonds is 5. The van der Waals surface area contributed by atoms with E-state index in [1.165, 1.54) is 0 Å². The number of oxazole rings is 1. The van der Waals surface area contributed by atoms with Gasteiger partial charge in [0.25, 0.3) is 0 Å². The van der Waals surface area contributed by atoms with Crippen LogP contribution in [0.15, 0.2) is 33.5 Å². The number of nitrogens with zero attached hydrogens (tertiary/aromatic N) is 2. The number of hydrogen-bond acceptors (Lipinski definition) is 4. The number of aryl methyl sites for hydroxylation is 1. The molecule has 3 rings (SSSR count). The van der Waals surface area contributed by atoms with Gasteiger partial charge in [0.15, 0.2) is 5.58 Å². The fourth-order valence-electron chi connectivity index (χ4n) is 2.97. The van der Waals surface area contributed by atoms with Crippen LogP contribution in [-0.2, 0) is 16.1 Å². The Hall–Kier alpha value is -2.08. The second-order valence-corrected chi connectivity index (χ2v) is 5.83. The summed E-state index contributed by atoms with van der Waals surface area (Å²) in [6.45, 7) is 4.49. The molecule has 0 saturated carbocycles. The van der Waals surface area contributed by atoms with Crippen LogP contribution in [0.2, 0.25) is 0 Å². The standard InChI is InChI=1S/C17H22N2O4/c1-2-13-12-18(10-11-22-13)16(20)8-5-9-19-14-6-3-4-7-15(14)23-17(19)21/h3-4,6-7,13H,2,5,8-12H2,1H3/t13-/m1/s1. The lowest BCUT2D eigenvalue weighted by Gasteiger charge is -2.32. The lowest BCUT2D eigenvalue weighted by Crippen LogP contribution is -2.45. The van der Waals surface area contributed by atoms with Crippen molar-refractivity contribution in [3.05, 3.63) is 34.8 Å². The lowest BCUT2D eigenvalue weighted by atomic mass is 10.2. The molecule has 0 unspecified atom stereocenters. The van der Waals surface area contributed by atoms with E-state index in [1.807, 2.05) is 23.1 Å². The third kappa shape index (κ3) is 3.47. The number of carbonyl (C=O) groups is 1. The first-order chi connectivity index (χ1) is 11.2. The maximum absolute atomic E-state index is 12.3. The molecular weight excluding hydrogens is 296 g/mol. The lowest BCUT2D eigenvalue weighted by molar-refractivity contribution is -0.139. The molecule has 1 aliphatic heterocycles. The van der Waals surface area contributed by atoms with Crippen molar-refractivity contribution in [2.75, 3.05) is 19.7 Å². The van der Waals surface area contributed by atoms with Crippen molar-refractivity contribution in [1.29, 1.82) is 0 Å². The molecule has 0 aliphatic carbocycles. The van der Waals surface area contributed by atoms with Crippen molar-refractivity contribution in [2.24, 2.45) is 0 Å². The summed E-state index contributed by atoms with van der Waals surface area (Å²) in [7, 11) is 0. The first-order valence-electron chi connectivity index (χ1n) is 8.16. The Balaban J connectivity index is 1.57. The molecule has 6 heteroatoms. The van der Waals surface area contributed by atoms with E-state index in [-0.39, 0.29) is 17.8 Å². The summed E-state index contributed by atoms with van der Waals surface area (Å²) in [5, 5.41) is 0. The smallest absolute Gasteiger partial charge is 0.408 e. The van der Waals surface area contributed by atoms with Crippen LogP contribution in [0.5, 0.6) is 0 Å². The predicted molar refractivity (Wildman–Crippen MR) is 86.3 cm³/mol. The highest BCUT2D eigenvalue weighted by molar-refractivity contribution is 5.76. The Morgan fingerprint density at radius 3 is 3.00 bits per heavy atom. The van der Waals surface area contributed by atoms with E-state index in [4.69, 9.17) is 9.15 Å². The topological polar surface area (TPSA) is 64.7 Å². The van der Waals surface area contributed by atoms with Crippen LogP contribution in [0, 0.1) is 0 Å². The molecule has 0 bridgehead atoms. The maximum atomic E-state index is 12.3. The minimum absolute atomic E-state index is 0.132. The molecule has 0 radical (unpaired) electrons. The summed E-state index contributed by atoms with van der Waals surface area (Å²) in [6, 6.07) is 7.34. The van der Waals surface area contributed by atoms with Crippen molar-refractivity contribution >= 4 is 17.0 Å². The number of fused-ring (bicyclic) bond motifs is 1. The maximum Gasteiger partial charge on any atom is 0.419 e. The normalized spacial score (nSPS) is 18.5. The zero-order valence-electron chi connectivity index (χ0n) is 13.4. The van der Waals surface area contributed by atoms with Crippen molar-refractivity contribution in [3.63, 3.8) is 0 Å². The molecule has 2 aromatic rings. The SMILES string of the molecule is CC[C@@H]1CN(C(=O)CCCn2c(=O)oc3ccccc32)CCO1. The van der Waals surface area contributed by atoms with Crippen LogP contribution in [0.3, 0.4) is 0 Å². The molecule has 0 spiro atoms. The zero-order chi connectivity index (χ0) is 16.2. The van der Waals surface area contributed by atoms with Crippen molar-refractivity contribution < 1.29 is 13.9 Å². The van der Waals surface area contributed by atoms with Gasteiger partial charge in [-0.15, -0.1) is 0 Å². The molecule has 1 fully saturated rings. The van der Waals surface area contributed by atoms with Crippen molar-refractivity contribution in [1.82, 2.24) is 9.47 Å². The molecule has 124 valence electrons. The Morgan fingerprint density at radius 2 is 2.17 bits per heavy atom. The number of amides is 1. The van der Waals surface area contributed by atoms with E-state index in [2.05, 4.69) is 6.92 Å². The number of carbonyl (C=O) groups excluding carboxylic acids is 1. The second-order valence-electron chi connectivity index (χ2n) is 5.83. The van der Waals surface area contributed by atoms with Crippen molar-refractivity contribution in [3.8, 4) is 0 Å². The van der Waals surface area contributed by atoms with Gasteiger partial charge in [-0.05, 0) is 25.0 Å². The number of aromatic nitrogens is 1. The highest BCUT2D eigenvalue weighted by Crippen LogP contribution is 2.14. The average molecular weight is 318 g/mol.